The maximum Gasteiger partial charge on any atom is 0.332 e. The zero-order valence-corrected chi connectivity index (χ0v) is 10.9. The first kappa shape index (κ1) is 13.8. The fraction of sp³-hybridized carbons (Fsp3) is 0.909. The van der Waals surface area contributed by atoms with Crippen molar-refractivity contribution in [1.29, 1.82) is 0 Å². The normalized spacial score (nSPS) is 22.0. The fourth-order valence-electron chi connectivity index (χ4n) is 1.65. The number of thioether (sulfide) groups is 1. The molecule has 0 amide bonds. The molecule has 5 heteroatoms. The van der Waals surface area contributed by atoms with Gasteiger partial charge in [-0.25, -0.2) is 4.79 Å². The van der Waals surface area contributed by atoms with Crippen molar-refractivity contribution in [1.82, 2.24) is 4.90 Å². The van der Waals surface area contributed by atoms with E-state index >= 15 is 0 Å². The number of hydrogen-bond acceptors (Lipinski definition) is 5. The smallest absolute Gasteiger partial charge is 0.332 e. The van der Waals surface area contributed by atoms with Crippen LogP contribution in [0.25, 0.3) is 0 Å². The Morgan fingerprint density at radius 3 is 3.06 bits per heavy atom. The van der Waals surface area contributed by atoms with E-state index in [1.54, 1.807) is 6.92 Å². The monoisotopic (exact) mass is 247 g/mol. The van der Waals surface area contributed by atoms with Gasteiger partial charge in [-0.15, -0.1) is 0 Å². The lowest BCUT2D eigenvalue weighted by Crippen LogP contribution is -2.38. The highest BCUT2D eigenvalue weighted by Gasteiger charge is 2.15. The minimum Gasteiger partial charge on any atom is -0.464 e. The summed E-state index contributed by atoms with van der Waals surface area (Å²) in [6.45, 7) is 8.29. The molecule has 0 aromatic rings. The molecule has 0 bridgehead atoms. The van der Waals surface area contributed by atoms with Crippen LogP contribution in [0.4, 0.5) is 0 Å². The molecule has 0 aromatic carbocycles. The third-order valence-electron chi connectivity index (χ3n) is 2.40. The van der Waals surface area contributed by atoms with Crippen molar-refractivity contribution in [3.05, 3.63) is 0 Å². The zero-order chi connectivity index (χ0) is 11.8. The highest BCUT2D eigenvalue weighted by molar-refractivity contribution is 7.99. The second-order valence-corrected chi connectivity index (χ2v) is 5.39. The van der Waals surface area contributed by atoms with Gasteiger partial charge in [0.05, 0.1) is 13.2 Å². The highest BCUT2D eigenvalue weighted by Crippen LogP contribution is 2.17. The molecule has 1 heterocycles. The van der Waals surface area contributed by atoms with E-state index in [4.69, 9.17) is 9.47 Å². The van der Waals surface area contributed by atoms with Gasteiger partial charge in [0.1, 0.15) is 6.61 Å². The first-order valence-corrected chi connectivity index (χ1v) is 6.84. The van der Waals surface area contributed by atoms with Crippen molar-refractivity contribution < 1.29 is 14.3 Å². The SMILES string of the molecule is CCOC(=O)COCCN1CCSC(C)C1. The summed E-state index contributed by atoms with van der Waals surface area (Å²) in [7, 11) is 0. The van der Waals surface area contributed by atoms with Crippen LogP contribution in [0.3, 0.4) is 0 Å². The Morgan fingerprint density at radius 2 is 2.38 bits per heavy atom. The van der Waals surface area contributed by atoms with E-state index in [-0.39, 0.29) is 12.6 Å². The maximum atomic E-state index is 11.0. The first-order chi connectivity index (χ1) is 7.72. The zero-order valence-electron chi connectivity index (χ0n) is 10.1. The van der Waals surface area contributed by atoms with Crippen LogP contribution in [0.5, 0.6) is 0 Å². The second kappa shape index (κ2) is 7.92. The second-order valence-electron chi connectivity index (χ2n) is 3.84. The highest BCUT2D eigenvalue weighted by atomic mass is 32.2. The van der Waals surface area contributed by atoms with Gasteiger partial charge in [0, 0.05) is 30.6 Å². The minimum atomic E-state index is -0.273. The van der Waals surface area contributed by atoms with Crippen molar-refractivity contribution >= 4 is 17.7 Å². The molecule has 1 unspecified atom stereocenters. The number of carbonyl (C=O) groups is 1. The molecule has 0 aliphatic carbocycles. The van der Waals surface area contributed by atoms with Gasteiger partial charge in [-0.3, -0.25) is 4.90 Å². The molecule has 0 radical (unpaired) electrons. The van der Waals surface area contributed by atoms with Crippen molar-refractivity contribution in [3.63, 3.8) is 0 Å². The predicted octanol–water partition coefficient (Wildman–Crippen LogP) is 1.00. The number of hydrogen-bond donors (Lipinski definition) is 0. The topological polar surface area (TPSA) is 38.8 Å². The third kappa shape index (κ3) is 5.72. The number of nitrogens with zero attached hydrogens (tertiary/aromatic N) is 1. The van der Waals surface area contributed by atoms with Gasteiger partial charge in [-0.1, -0.05) is 6.92 Å². The summed E-state index contributed by atoms with van der Waals surface area (Å²) in [4.78, 5) is 13.4. The van der Waals surface area contributed by atoms with Gasteiger partial charge in [0.25, 0.3) is 0 Å². The van der Waals surface area contributed by atoms with Crippen LogP contribution in [0.2, 0.25) is 0 Å². The summed E-state index contributed by atoms with van der Waals surface area (Å²) in [5.41, 5.74) is 0. The Kier molecular flexibility index (Phi) is 6.84. The molecule has 1 fully saturated rings. The Morgan fingerprint density at radius 1 is 1.56 bits per heavy atom. The van der Waals surface area contributed by atoms with Gasteiger partial charge < -0.3 is 9.47 Å². The molecule has 4 nitrogen and oxygen atoms in total. The van der Waals surface area contributed by atoms with Crippen LogP contribution in [0.1, 0.15) is 13.8 Å². The maximum absolute atomic E-state index is 11.0. The minimum absolute atomic E-state index is 0.0754. The molecule has 1 rings (SSSR count). The number of rotatable bonds is 6. The Bertz CT molecular complexity index is 213. The van der Waals surface area contributed by atoms with Crippen LogP contribution in [0, 0.1) is 0 Å². The quantitative estimate of drug-likeness (QED) is 0.517. The lowest BCUT2D eigenvalue weighted by Gasteiger charge is -2.30. The first-order valence-electron chi connectivity index (χ1n) is 5.79. The summed E-state index contributed by atoms with van der Waals surface area (Å²) < 4.78 is 10.0. The third-order valence-corrected chi connectivity index (χ3v) is 3.54. The fourth-order valence-corrected chi connectivity index (χ4v) is 2.73. The Labute approximate surface area is 102 Å². The molecule has 0 aromatic heterocycles. The van der Waals surface area contributed by atoms with Gasteiger partial charge in [0.2, 0.25) is 0 Å². The lowest BCUT2D eigenvalue weighted by molar-refractivity contribution is -0.148. The molecule has 1 atom stereocenters. The van der Waals surface area contributed by atoms with Crippen LogP contribution < -0.4 is 0 Å². The van der Waals surface area contributed by atoms with Crippen LogP contribution in [-0.2, 0) is 14.3 Å². The van der Waals surface area contributed by atoms with Gasteiger partial charge in [0.15, 0.2) is 0 Å². The van der Waals surface area contributed by atoms with E-state index < -0.39 is 0 Å². The molecule has 94 valence electrons. The molecular weight excluding hydrogens is 226 g/mol. The van der Waals surface area contributed by atoms with Crippen LogP contribution in [-0.4, -0.2) is 61.3 Å². The van der Waals surface area contributed by atoms with Crippen molar-refractivity contribution in [2.75, 3.05) is 45.2 Å². The van der Waals surface area contributed by atoms with E-state index in [9.17, 15) is 4.79 Å². The summed E-state index contributed by atoms with van der Waals surface area (Å²) in [6, 6.07) is 0. The molecular formula is C11H21NO3S. The Balaban J connectivity index is 2.00. The van der Waals surface area contributed by atoms with Gasteiger partial charge >= 0.3 is 5.97 Å². The molecule has 1 aliphatic rings. The van der Waals surface area contributed by atoms with E-state index in [1.807, 2.05) is 11.8 Å². The van der Waals surface area contributed by atoms with E-state index in [1.165, 1.54) is 5.75 Å². The Hall–Kier alpha value is -0.260. The standard InChI is InChI=1S/C11H21NO3S/c1-3-15-11(13)9-14-6-4-12-5-7-16-10(2)8-12/h10H,3-9H2,1-2H3. The number of ether oxygens (including phenoxy) is 2. The van der Waals surface area contributed by atoms with E-state index in [0.29, 0.717) is 18.5 Å². The summed E-state index contributed by atoms with van der Waals surface area (Å²) in [5, 5.41) is 0.707. The average Bonchev–Trinajstić information content (AvgIpc) is 2.25. The summed E-state index contributed by atoms with van der Waals surface area (Å²) in [5.74, 6) is 0.920. The number of esters is 1. The average molecular weight is 247 g/mol. The molecule has 16 heavy (non-hydrogen) atoms. The van der Waals surface area contributed by atoms with E-state index in [0.717, 1.165) is 19.6 Å². The van der Waals surface area contributed by atoms with Crippen LogP contribution >= 0.6 is 11.8 Å². The molecule has 1 aliphatic heterocycles. The van der Waals surface area contributed by atoms with E-state index in [2.05, 4.69) is 11.8 Å². The predicted molar refractivity (Wildman–Crippen MR) is 65.8 cm³/mol. The van der Waals surface area contributed by atoms with Crippen molar-refractivity contribution in [2.24, 2.45) is 0 Å². The van der Waals surface area contributed by atoms with Crippen molar-refractivity contribution in [2.45, 2.75) is 19.1 Å². The number of carbonyl (C=O) groups excluding carboxylic acids is 1. The lowest BCUT2D eigenvalue weighted by atomic mass is 10.4. The summed E-state index contributed by atoms with van der Waals surface area (Å²) >= 11 is 2.02. The van der Waals surface area contributed by atoms with Crippen LogP contribution in [0.15, 0.2) is 0 Å². The molecule has 1 saturated heterocycles. The summed E-state index contributed by atoms with van der Waals surface area (Å²) in [6.07, 6.45) is 0. The molecule has 0 saturated carbocycles. The van der Waals surface area contributed by atoms with Gasteiger partial charge in [-0.2, -0.15) is 11.8 Å². The van der Waals surface area contributed by atoms with Gasteiger partial charge in [-0.05, 0) is 6.92 Å². The largest absolute Gasteiger partial charge is 0.464 e. The molecule has 0 spiro atoms. The van der Waals surface area contributed by atoms with Crippen molar-refractivity contribution in [3.8, 4) is 0 Å². The molecule has 0 N–H and O–H groups in total.